The van der Waals surface area contributed by atoms with E-state index in [2.05, 4.69) is 10.6 Å². The number of anilines is 2. The molecule has 1 aliphatic heterocycles. The van der Waals surface area contributed by atoms with E-state index in [1.807, 2.05) is 18.2 Å². The van der Waals surface area contributed by atoms with E-state index >= 15 is 0 Å². The first-order valence-corrected chi connectivity index (χ1v) is 6.62. The Hall–Kier alpha value is -1.88. The van der Waals surface area contributed by atoms with Gasteiger partial charge in [-0.25, -0.2) is 0 Å². The molecule has 19 heavy (non-hydrogen) atoms. The van der Waals surface area contributed by atoms with E-state index in [0.29, 0.717) is 19.4 Å². The summed E-state index contributed by atoms with van der Waals surface area (Å²) in [5.74, 6) is 0.0549. The first-order chi connectivity index (χ1) is 9.19. The molecule has 0 unspecified atom stereocenters. The summed E-state index contributed by atoms with van der Waals surface area (Å²) in [6, 6.07) is 5.57. The monoisotopic (exact) mass is 261 g/mol. The van der Waals surface area contributed by atoms with Crippen molar-refractivity contribution in [3.8, 4) is 0 Å². The molecule has 4 N–H and O–H groups in total. The van der Waals surface area contributed by atoms with Crippen LogP contribution in [0.2, 0.25) is 0 Å². The molecule has 0 aromatic heterocycles. The lowest BCUT2D eigenvalue weighted by molar-refractivity contribution is -0.117. The lowest BCUT2D eigenvalue weighted by atomic mass is 10.0. The highest BCUT2D eigenvalue weighted by Gasteiger charge is 2.15. The molecule has 1 heterocycles. The highest BCUT2D eigenvalue weighted by Crippen LogP contribution is 2.25. The van der Waals surface area contributed by atoms with Gasteiger partial charge in [-0.3, -0.25) is 9.59 Å². The van der Waals surface area contributed by atoms with Gasteiger partial charge in [0, 0.05) is 24.2 Å². The van der Waals surface area contributed by atoms with E-state index in [1.165, 1.54) is 0 Å². The van der Waals surface area contributed by atoms with Gasteiger partial charge in [0.25, 0.3) is 0 Å². The molecule has 2 amide bonds. The average molecular weight is 261 g/mol. The maximum Gasteiger partial charge on any atom is 0.224 e. The molecule has 1 aromatic carbocycles. The van der Waals surface area contributed by atoms with Gasteiger partial charge < -0.3 is 16.4 Å². The smallest absolute Gasteiger partial charge is 0.224 e. The third-order valence-electron chi connectivity index (χ3n) is 3.14. The van der Waals surface area contributed by atoms with Crippen LogP contribution in [-0.2, 0) is 16.0 Å². The van der Waals surface area contributed by atoms with Gasteiger partial charge in [-0.15, -0.1) is 0 Å². The van der Waals surface area contributed by atoms with Crippen molar-refractivity contribution in [1.82, 2.24) is 0 Å². The molecule has 5 heteroatoms. The van der Waals surface area contributed by atoms with Gasteiger partial charge in [0.2, 0.25) is 11.8 Å². The highest BCUT2D eigenvalue weighted by atomic mass is 16.2. The normalized spacial score (nSPS) is 13.6. The summed E-state index contributed by atoms with van der Waals surface area (Å²) in [6.45, 7) is 0.617. The second kappa shape index (κ2) is 6.33. The second-order valence-electron chi connectivity index (χ2n) is 4.71. The minimum absolute atomic E-state index is 0.00763. The van der Waals surface area contributed by atoms with Crippen LogP contribution in [0.25, 0.3) is 0 Å². The van der Waals surface area contributed by atoms with E-state index < -0.39 is 0 Å². The average Bonchev–Trinajstić information content (AvgIpc) is 2.39. The van der Waals surface area contributed by atoms with E-state index in [1.54, 1.807) is 0 Å². The predicted molar refractivity (Wildman–Crippen MR) is 74.9 cm³/mol. The zero-order valence-corrected chi connectivity index (χ0v) is 10.9. The summed E-state index contributed by atoms with van der Waals surface area (Å²) in [5.41, 5.74) is 8.09. The quantitative estimate of drug-likeness (QED) is 0.704. The van der Waals surface area contributed by atoms with Gasteiger partial charge in [0.15, 0.2) is 0 Å². The molecule has 0 aliphatic carbocycles. The fourth-order valence-electron chi connectivity index (χ4n) is 2.11. The number of fused-ring (bicyclic) bond motifs is 1. The van der Waals surface area contributed by atoms with Gasteiger partial charge in [0.1, 0.15) is 0 Å². The van der Waals surface area contributed by atoms with E-state index in [9.17, 15) is 9.59 Å². The standard InChI is InChI=1S/C14H19N3O2/c15-8-2-1-3-13(18)16-11-5-6-12-10(9-11)4-7-14(19)17-12/h5-6,9H,1-4,7-8,15H2,(H,16,18)(H,17,19). The van der Waals surface area contributed by atoms with Crippen molar-refractivity contribution in [2.45, 2.75) is 32.1 Å². The first-order valence-electron chi connectivity index (χ1n) is 6.62. The lowest BCUT2D eigenvalue weighted by Gasteiger charge is -2.17. The molecular weight excluding hydrogens is 242 g/mol. The third kappa shape index (κ3) is 3.79. The van der Waals surface area contributed by atoms with Crippen molar-refractivity contribution in [2.24, 2.45) is 5.73 Å². The number of aryl methyl sites for hydroxylation is 1. The summed E-state index contributed by atoms with van der Waals surface area (Å²) in [5, 5.41) is 5.69. The van der Waals surface area contributed by atoms with Crippen LogP contribution in [-0.4, -0.2) is 18.4 Å². The summed E-state index contributed by atoms with van der Waals surface area (Å²) in [6.07, 6.45) is 3.39. The fraction of sp³-hybridized carbons (Fsp3) is 0.429. The maximum absolute atomic E-state index is 11.7. The number of carbonyl (C=O) groups is 2. The molecule has 2 rings (SSSR count). The minimum Gasteiger partial charge on any atom is -0.330 e. The van der Waals surface area contributed by atoms with Crippen LogP contribution in [0.5, 0.6) is 0 Å². The number of hydrogen-bond acceptors (Lipinski definition) is 3. The fourth-order valence-corrected chi connectivity index (χ4v) is 2.11. The van der Waals surface area contributed by atoms with E-state index in [4.69, 9.17) is 5.73 Å². The van der Waals surface area contributed by atoms with Crippen molar-refractivity contribution in [3.05, 3.63) is 23.8 Å². The Balaban J connectivity index is 1.95. The van der Waals surface area contributed by atoms with Gasteiger partial charge in [-0.1, -0.05) is 0 Å². The van der Waals surface area contributed by atoms with Gasteiger partial charge >= 0.3 is 0 Å². The van der Waals surface area contributed by atoms with E-state index in [-0.39, 0.29) is 11.8 Å². The van der Waals surface area contributed by atoms with Crippen LogP contribution < -0.4 is 16.4 Å². The topological polar surface area (TPSA) is 84.2 Å². The number of unbranched alkanes of at least 4 members (excludes halogenated alkanes) is 1. The lowest BCUT2D eigenvalue weighted by Crippen LogP contribution is -2.19. The van der Waals surface area contributed by atoms with Gasteiger partial charge in [-0.2, -0.15) is 0 Å². The maximum atomic E-state index is 11.7. The number of benzene rings is 1. The highest BCUT2D eigenvalue weighted by molar-refractivity contribution is 5.95. The Labute approximate surface area is 112 Å². The number of hydrogen-bond donors (Lipinski definition) is 3. The molecule has 102 valence electrons. The number of rotatable bonds is 5. The summed E-state index contributed by atoms with van der Waals surface area (Å²) < 4.78 is 0. The molecule has 0 bridgehead atoms. The third-order valence-corrected chi connectivity index (χ3v) is 3.14. The van der Waals surface area contributed by atoms with Crippen LogP contribution in [0.3, 0.4) is 0 Å². The molecule has 5 nitrogen and oxygen atoms in total. The zero-order chi connectivity index (χ0) is 13.7. The van der Waals surface area contributed by atoms with Gasteiger partial charge in [0.05, 0.1) is 0 Å². The molecule has 0 radical (unpaired) electrons. The van der Waals surface area contributed by atoms with Crippen LogP contribution in [0, 0.1) is 0 Å². The molecule has 1 aliphatic rings. The molecule has 0 saturated carbocycles. The first kappa shape index (κ1) is 13.5. The Morgan fingerprint density at radius 3 is 2.95 bits per heavy atom. The minimum atomic E-state index is 0.00763. The Morgan fingerprint density at radius 1 is 1.32 bits per heavy atom. The molecule has 0 spiro atoms. The molecule has 0 atom stereocenters. The number of amides is 2. The Bertz CT molecular complexity index is 486. The largest absolute Gasteiger partial charge is 0.330 e. The molecular formula is C14H19N3O2. The summed E-state index contributed by atoms with van der Waals surface area (Å²) in [7, 11) is 0. The molecule has 0 saturated heterocycles. The van der Waals surface area contributed by atoms with Gasteiger partial charge in [-0.05, 0) is 49.6 Å². The van der Waals surface area contributed by atoms with Crippen LogP contribution in [0.4, 0.5) is 11.4 Å². The SMILES string of the molecule is NCCCCC(=O)Nc1ccc2c(c1)CCC(=O)N2. The number of nitrogens with one attached hydrogen (secondary N) is 2. The Kier molecular flexibility index (Phi) is 4.52. The predicted octanol–water partition coefficient (Wildman–Crippen LogP) is 1.64. The van der Waals surface area contributed by atoms with Crippen molar-refractivity contribution >= 4 is 23.2 Å². The summed E-state index contributed by atoms with van der Waals surface area (Å²) >= 11 is 0. The Morgan fingerprint density at radius 2 is 2.16 bits per heavy atom. The number of nitrogens with two attached hydrogens (primary N) is 1. The van der Waals surface area contributed by atoms with Crippen molar-refractivity contribution < 1.29 is 9.59 Å². The van der Waals surface area contributed by atoms with Crippen molar-refractivity contribution in [2.75, 3.05) is 17.2 Å². The zero-order valence-electron chi connectivity index (χ0n) is 10.9. The van der Waals surface area contributed by atoms with Crippen molar-refractivity contribution in [3.63, 3.8) is 0 Å². The van der Waals surface area contributed by atoms with Crippen LogP contribution in [0.1, 0.15) is 31.2 Å². The molecule has 0 fully saturated rings. The van der Waals surface area contributed by atoms with Crippen LogP contribution >= 0.6 is 0 Å². The van der Waals surface area contributed by atoms with Crippen LogP contribution in [0.15, 0.2) is 18.2 Å². The second-order valence-corrected chi connectivity index (χ2v) is 4.71. The van der Waals surface area contributed by atoms with Crippen molar-refractivity contribution in [1.29, 1.82) is 0 Å². The number of carbonyl (C=O) groups excluding carboxylic acids is 2. The summed E-state index contributed by atoms with van der Waals surface area (Å²) in [4.78, 5) is 22.9. The molecule has 1 aromatic rings. The van der Waals surface area contributed by atoms with E-state index in [0.717, 1.165) is 36.2 Å².